The number of rotatable bonds is 10. The van der Waals surface area contributed by atoms with Gasteiger partial charge in [0.2, 0.25) is 0 Å². The molecule has 2 aliphatic carbocycles. The van der Waals surface area contributed by atoms with Crippen molar-refractivity contribution in [3.63, 3.8) is 0 Å². The molecular weight excluding hydrogens is 436 g/mol. The molecule has 0 radical (unpaired) electrons. The minimum absolute atomic E-state index is 0.0891. The third kappa shape index (κ3) is 5.39. The number of alkyl carbamates (subject to hydrolysis) is 1. The number of hydrogen-bond donors (Lipinski definition) is 3. The Hall–Kier alpha value is -3.39. The van der Waals surface area contributed by atoms with Crippen molar-refractivity contribution < 1.29 is 29.1 Å². The number of carbonyl (C=O) groups is 3. The summed E-state index contributed by atoms with van der Waals surface area (Å²) in [5.74, 6) is -1.81. The summed E-state index contributed by atoms with van der Waals surface area (Å²) in [4.78, 5) is 41.8. The van der Waals surface area contributed by atoms with Crippen molar-refractivity contribution in [3.05, 3.63) is 59.7 Å². The first-order valence-corrected chi connectivity index (χ1v) is 11.6. The summed E-state index contributed by atoms with van der Waals surface area (Å²) in [5.41, 5.74) is 6.69. The summed E-state index contributed by atoms with van der Waals surface area (Å²) in [6, 6.07) is 15.2. The zero-order chi connectivity index (χ0) is 24.2. The molecule has 34 heavy (non-hydrogen) atoms. The van der Waals surface area contributed by atoms with E-state index in [0.29, 0.717) is 6.42 Å². The lowest BCUT2D eigenvalue weighted by Crippen LogP contribution is -2.49. The maximum Gasteiger partial charge on any atom is 0.407 e. The second-order valence-corrected chi connectivity index (χ2v) is 9.33. The lowest BCUT2D eigenvalue weighted by molar-refractivity contribution is -0.163. The third-order valence-electron chi connectivity index (χ3n) is 6.24. The Morgan fingerprint density at radius 3 is 2.12 bits per heavy atom. The number of carboxylic acid groups (broad SMARTS) is 1. The molecule has 180 valence electrons. The van der Waals surface area contributed by atoms with Crippen LogP contribution < -0.4 is 10.8 Å². The largest absolute Gasteiger partial charge is 0.479 e. The van der Waals surface area contributed by atoms with Gasteiger partial charge in [0.05, 0.1) is 0 Å². The molecule has 0 aromatic heterocycles. The predicted molar refractivity (Wildman–Crippen MR) is 125 cm³/mol. The first-order valence-electron chi connectivity index (χ1n) is 11.6. The van der Waals surface area contributed by atoms with Gasteiger partial charge in [0, 0.05) is 5.92 Å². The lowest BCUT2D eigenvalue weighted by Gasteiger charge is -2.22. The molecule has 0 aliphatic heterocycles. The van der Waals surface area contributed by atoms with Crippen LogP contribution >= 0.6 is 0 Å². The molecular formula is C26H30N2O6. The molecule has 0 bridgehead atoms. The van der Waals surface area contributed by atoms with Gasteiger partial charge in [0.15, 0.2) is 6.10 Å². The van der Waals surface area contributed by atoms with Crippen LogP contribution in [-0.2, 0) is 19.2 Å². The van der Waals surface area contributed by atoms with E-state index < -0.39 is 30.1 Å². The van der Waals surface area contributed by atoms with Crippen molar-refractivity contribution in [2.24, 2.45) is 11.8 Å². The van der Waals surface area contributed by atoms with E-state index in [4.69, 9.17) is 9.57 Å². The fourth-order valence-electron chi connectivity index (χ4n) is 4.43. The lowest BCUT2D eigenvalue weighted by atomic mass is 9.98. The van der Waals surface area contributed by atoms with Crippen LogP contribution in [0.4, 0.5) is 4.79 Å². The van der Waals surface area contributed by atoms with E-state index in [2.05, 4.69) is 22.9 Å². The van der Waals surface area contributed by atoms with Crippen molar-refractivity contribution in [3.8, 4) is 11.1 Å². The Morgan fingerprint density at radius 2 is 1.59 bits per heavy atom. The van der Waals surface area contributed by atoms with Gasteiger partial charge in [-0.25, -0.2) is 15.1 Å². The molecule has 0 heterocycles. The van der Waals surface area contributed by atoms with E-state index in [1.54, 1.807) is 0 Å². The number of hydrogen-bond acceptors (Lipinski definition) is 5. The Balaban J connectivity index is 1.37. The average molecular weight is 467 g/mol. The first kappa shape index (κ1) is 23.8. The molecule has 0 saturated heterocycles. The summed E-state index contributed by atoms with van der Waals surface area (Å²) >= 11 is 0. The maximum atomic E-state index is 12.7. The molecule has 1 saturated carbocycles. The maximum absolute atomic E-state index is 12.7. The van der Waals surface area contributed by atoms with Gasteiger partial charge in [-0.3, -0.25) is 9.63 Å². The van der Waals surface area contributed by atoms with Crippen LogP contribution in [0.1, 0.15) is 50.2 Å². The van der Waals surface area contributed by atoms with E-state index >= 15 is 0 Å². The monoisotopic (exact) mass is 466 g/mol. The van der Waals surface area contributed by atoms with Crippen LogP contribution in [0.5, 0.6) is 0 Å². The van der Waals surface area contributed by atoms with Gasteiger partial charge in [-0.2, -0.15) is 0 Å². The fourth-order valence-corrected chi connectivity index (χ4v) is 4.43. The van der Waals surface area contributed by atoms with Gasteiger partial charge in [-0.05, 0) is 53.4 Å². The van der Waals surface area contributed by atoms with Gasteiger partial charge >= 0.3 is 12.1 Å². The molecule has 2 aliphatic rings. The SMILES string of the molecule is CC(C)C[C@@H](NC(=O)OCC1c2ccccc2-c2ccccc21)C(=O)NOC(C(=O)O)C1CC1. The number of carbonyl (C=O) groups excluding carboxylic acids is 2. The van der Waals surface area contributed by atoms with E-state index in [0.717, 1.165) is 35.1 Å². The Kier molecular flexibility index (Phi) is 7.17. The molecule has 2 atom stereocenters. The normalized spacial score (nSPS) is 16.3. The molecule has 0 spiro atoms. The molecule has 8 nitrogen and oxygen atoms in total. The Morgan fingerprint density at radius 1 is 1.00 bits per heavy atom. The van der Waals surface area contributed by atoms with E-state index in [9.17, 15) is 19.5 Å². The minimum Gasteiger partial charge on any atom is -0.479 e. The number of benzene rings is 2. The van der Waals surface area contributed by atoms with Crippen LogP contribution in [-0.4, -0.2) is 41.8 Å². The Bertz CT molecular complexity index is 1020. The molecule has 1 unspecified atom stereocenters. The number of fused-ring (bicyclic) bond motifs is 3. The zero-order valence-electron chi connectivity index (χ0n) is 19.3. The van der Waals surface area contributed by atoms with E-state index in [-0.39, 0.29) is 24.4 Å². The van der Waals surface area contributed by atoms with E-state index in [1.165, 1.54) is 0 Å². The highest BCUT2D eigenvalue weighted by atomic mass is 16.7. The van der Waals surface area contributed by atoms with Crippen LogP contribution in [0, 0.1) is 11.8 Å². The van der Waals surface area contributed by atoms with E-state index in [1.807, 2.05) is 50.2 Å². The van der Waals surface area contributed by atoms with Crippen molar-refractivity contribution in [2.75, 3.05) is 6.61 Å². The third-order valence-corrected chi connectivity index (χ3v) is 6.24. The number of hydroxylamine groups is 1. The fraction of sp³-hybridized carbons (Fsp3) is 0.423. The topological polar surface area (TPSA) is 114 Å². The molecule has 4 rings (SSSR count). The number of nitrogens with one attached hydrogen (secondary N) is 2. The van der Waals surface area contributed by atoms with Crippen molar-refractivity contribution >= 4 is 18.0 Å². The molecule has 8 heteroatoms. The predicted octanol–water partition coefficient (Wildman–Crippen LogP) is 3.85. The van der Waals surface area contributed by atoms with Gasteiger partial charge < -0.3 is 15.2 Å². The smallest absolute Gasteiger partial charge is 0.407 e. The van der Waals surface area contributed by atoms with Gasteiger partial charge in [0.25, 0.3) is 5.91 Å². The Labute approximate surface area is 198 Å². The van der Waals surface area contributed by atoms with Gasteiger partial charge in [-0.1, -0.05) is 62.4 Å². The summed E-state index contributed by atoms with van der Waals surface area (Å²) < 4.78 is 5.55. The number of amides is 2. The summed E-state index contributed by atoms with van der Waals surface area (Å²) in [7, 11) is 0. The van der Waals surface area contributed by atoms with Crippen LogP contribution in [0.2, 0.25) is 0 Å². The summed E-state index contributed by atoms with van der Waals surface area (Å²) in [6.07, 6.45) is 0.0545. The highest BCUT2D eigenvalue weighted by molar-refractivity contribution is 5.85. The second-order valence-electron chi connectivity index (χ2n) is 9.33. The average Bonchev–Trinajstić information content (AvgIpc) is 3.59. The zero-order valence-corrected chi connectivity index (χ0v) is 19.3. The summed E-state index contributed by atoms with van der Waals surface area (Å²) in [5, 5.41) is 11.9. The second kappa shape index (κ2) is 10.3. The highest BCUT2D eigenvalue weighted by Gasteiger charge is 2.38. The molecule has 3 N–H and O–H groups in total. The standard InChI is InChI=1S/C26H30N2O6/c1-15(2)13-22(24(29)28-34-23(25(30)31)16-11-12-16)27-26(32)33-14-21-19-9-5-3-7-17(19)18-8-4-6-10-20(18)21/h3-10,15-16,21-23H,11-14H2,1-2H3,(H,27,32)(H,28,29)(H,30,31)/t22-,23?/m1/s1. The summed E-state index contributed by atoms with van der Waals surface area (Å²) in [6.45, 7) is 3.98. The number of ether oxygens (including phenoxy) is 1. The quantitative estimate of drug-likeness (QED) is 0.458. The molecule has 2 amide bonds. The number of carboxylic acids is 1. The van der Waals surface area contributed by atoms with Crippen molar-refractivity contribution in [1.29, 1.82) is 0 Å². The van der Waals surface area contributed by atoms with Crippen LogP contribution in [0.15, 0.2) is 48.5 Å². The van der Waals surface area contributed by atoms with Crippen LogP contribution in [0.3, 0.4) is 0 Å². The molecule has 2 aromatic rings. The molecule has 1 fully saturated rings. The minimum atomic E-state index is -1.12. The van der Waals surface area contributed by atoms with Crippen LogP contribution in [0.25, 0.3) is 11.1 Å². The first-order chi connectivity index (χ1) is 16.3. The number of aliphatic carboxylic acids is 1. The highest BCUT2D eigenvalue weighted by Crippen LogP contribution is 2.44. The van der Waals surface area contributed by atoms with Crippen molar-refractivity contribution in [1.82, 2.24) is 10.8 Å². The van der Waals surface area contributed by atoms with Gasteiger partial charge in [0.1, 0.15) is 12.6 Å². The molecule has 2 aromatic carbocycles. The van der Waals surface area contributed by atoms with Gasteiger partial charge in [-0.15, -0.1) is 0 Å². The van der Waals surface area contributed by atoms with Crippen molar-refractivity contribution in [2.45, 2.75) is 51.2 Å².